The second-order valence-corrected chi connectivity index (χ2v) is 8.38. The van der Waals surface area contributed by atoms with Crippen LogP contribution in [0.3, 0.4) is 0 Å². The predicted molar refractivity (Wildman–Crippen MR) is 112 cm³/mol. The van der Waals surface area contributed by atoms with Gasteiger partial charge in [0, 0.05) is 30.1 Å². The van der Waals surface area contributed by atoms with Crippen LogP contribution in [0.15, 0.2) is 47.9 Å². The van der Waals surface area contributed by atoms with Gasteiger partial charge in [0.25, 0.3) is 5.56 Å². The Kier molecular flexibility index (Phi) is 4.44. The molecule has 0 saturated heterocycles. The third-order valence-corrected chi connectivity index (χ3v) is 6.33. The Labute approximate surface area is 170 Å². The van der Waals surface area contributed by atoms with Crippen molar-refractivity contribution >= 4 is 22.2 Å². The van der Waals surface area contributed by atoms with Gasteiger partial charge in [-0.05, 0) is 38.0 Å². The second-order valence-electron chi connectivity index (χ2n) is 7.32. The van der Waals surface area contributed by atoms with E-state index in [9.17, 15) is 9.90 Å². The van der Waals surface area contributed by atoms with Crippen molar-refractivity contribution in [3.05, 3.63) is 58.5 Å². The standard InChI is InChI=1S/C21H19N5O2S/c1-12(10-27)26-11-24-19-15(21(26)28)7-16(17-9-23-20(29-17)13-4-5-13)25-18(19)14-3-2-6-22-8-14/h2-3,6-9,11-13,27H,4-5,10H2,1H3/t12-/m0/s1. The topological polar surface area (TPSA) is 93.8 Å². The van der Waals surface area contributed by atoms with Crippen molar-refractivity contribution in [2.75, 3.05) is 6.61 Å². The van der Waals surface area contributed by atoms with E-state index in [1.807, 2.05) is 18.3 Å². The molecule has 1 fully saturated rings. The lowest BCUT2D eigenvalue weighted by molar-refractivity contribution is 0.236. The van der Waals surface area contributed by atoms with Crippen molar-refractivity contribution in [1.82, 2.24) is 24.5 Å². The van der Waals surface area contributed by atoms with E-state index in [-0.39, 0.29) is 18.2 Å². The fraction of sp³-hybridized carbons (Fsp3) is 0.286. The van der Waals surface area contributed by atoms with Gasteiger partial charge in [0.1, 0.15) is 5.52 Å². The lowest BCUT2D eigenvalue weighted by atomic mass is 10.1. The first-order chi connectivity index (χ1) is 14.2. The number of aliphatic hydroxyl groups is 1. The quantitative estimate of drug-likeness (QED) is 0.547. The number of aliphatic hydroxyl groups excluding tert-OH is 1. The summed E-state index contributed by atoms with van der Waals surface area (Å²) in [6.07, 6.45) is 9.11. The summed E-state index contributed by atoms with van der Waals surface area (Å²) < 4.78 is 1.46. The van der Waals surface area contributed by atoms with Crippen molar-refractivity contribution in [1.29, 1.82) is 0 Å². The molecule has 1 atom stereocenters. The highest BCUT2D eigenvalue weighted by atomic mass is 32.1. The van der Waals surface area contributed by atoms with Gasteiger partial charge in [-0.1, -0.05) is 0 Å². The molecule has 1 aliphatic carbocycles. The zero-order chi connectivity index (χ0) is 20.0. The summed E-state index contributed by atoms with van der Waals surface area (Å²) in [5.74, 6) is 0.566. The van der Waals surface area contributed by atoms with Crippen LogP contribution in [0, 0.1) is 0 Å². The Hall–Kier alpha value is -2.97. The molecular weight excluding hydrogens is 386 g/mol. The Bertz CT molecular complexity index is 1250. The lowest BCUT2D eigenvalue weighted by Gasteiger charge is -2.14. The van der Waals surface area contributed by atoms with E-state index in [2.05, 4.69) is 15.0 Å². The van der Waals surface area contributed by atoms with E-state index in [0.717, 1.165) is 15.4 Å². The monoisotopic (exact) mass is 405 g/mol. The van der Waals surface area contributed by atoms with Gasteiger partial charge in [0.15, 0.2) is 0 Å². The molecule has 1 aliphatic rings. The fourth-order valence-corrected chi connectivity index (χ4v) is 4.35. The molecule has 0 amide bonds. The average Bonchev–Trinajstić information content (AvgIpc) is 3.50. The van der Waals surface area contributed by atoms with Gasteiger partial charge in [-0.15, -0.1) is 11.3 Å². The number of aromatic nitrogens is 5. The summed E-state index contributed by atoms with van der Waals surface area (Å²) in [5, 5.41) is 11.1. The van der Waals surface area contributed by atoms with Gasteiger partial charge in [-0.25, -0.2) is 15.0 Å². The maximum atomic E-state index is 13.2. The Morgan fingerprint density at radius 2 is 2.17 bits per heavy atom. The SMILES string of the molecule is C[C@@H](CO)n1cnc2c(-c3cccnc3)nc(-c3cnc(C4CC4)s3)cc2c1=O. The van der Waals surface area contributed by atoms with Crippen molar-refractivity contribution in [2.24, 2.45) is 0 Å². The van der Waals surface area contributed by atoms with Crippen LogP contribution in [0.25, 0.3) is 32.7 Å². The van der Waals surface area contributed by atoms with Crippen LogP contribution in [-0.2, 0) is 0 Å². The molecule has 8 heteroatoms. The molecule has 4 heterocycles. The maximum absolute atomic E-state index is 13.2. The number of hydrogen-bond acceptors (Lipinski definition) is 7. The Morgan fingerprint density at radius 1 is 1.31 bits per heavy atom. The van der Waals surface area contributed by atoms with Crippen LogP contribution < -0.4 is 5.56 Å². The molecule has 146 valence electrons. The minimum atomic E-state index is -0.359. The maximum Gasteiger partial charge on any atom is 0.261 e. The summed E-state index contributed by atoms with van der Waals surface area (Å²) in [6, 6.07) is 5.17. The molecule has 0 radical (unpaired) electrons. The number of nitrogens with zero attached hydrogens (tertiary/aromatic N) is 5. The van der Waals surface area contributed by atoms with Crippen LogP contribution in [0.5, 0.6) is 0 Å². The zero-order valence-electron chi connectivity index (χ0n) is 15.8. The molecular formula is C21H19N5O2S. The third kappa shape index (κ3) is 3.24. The molecule has 0 aliphatic heterocycles. The van der Waals surface area contributed by atoms with Crippen LogP contribution >= 0.6 is 11.3 Å². The van der Waals surface area contributed by atoms with Crippen LogP contribution in [0.4, 0.5) is 0 Å². The van der Waals surface area contributed by atoms with Crippen molar-refractivity contribution in [2.45, 2.75) is 31.7 Å². The molecule has 4 aromatic heterocycles. The van der Waals surface area contributed by atoms with Crippen LogP contribution in [-0.4, -0.2) is 36.2 Å². The van der Waals surface area contributed by atoms with Gasteiger partial charge < -0.3 is 5.11 Å². The summed E-state index contributed by atoms with van der Waals surface area (Å²) in [6.45, 7) is 1.64. The van der Waals surface area contributed by atoms with Crippen molar-refractivity contribution in [3.63, 3.8) is 0 Å². The lowest BCUT2D eigenvalue weighted by Crippen LogP contribution is -2.25. The first kappa shape index (κ1) is 18.1. The number of pyridine rings is 2. The van der Waals surface area contributed by atoms with Gasteiger partial charge in [0.2, 0.25) is 0 Å². The highest BCUT2D eigenvalue weighted by Gasteiger charge is 2.27. The molecule has 29 heavy (non-hydrogen) atoms. The summed E-state index contributed by atoms with van der Waals surface area (Å²) in [7, 11) is 0. The molecule has 0 spiro atoms. The fourth-order valence-electron chi connectivity index (χ4n) is 3.30. The molecule has 0 bridgehead atoms. The molecule has 4 aromatic rings. The third-order valence-electron chi connectivity index (χ3n) is 5.15. The van der Waals surface area contributed by atoms with Gasteiger partial charge in [-0.3, -0.25) is 14.3 Å². The van der Waals surface area contributed by atoms with Crippen molar-refractivity contribution in [3.8, 4) is 21.8 Å². The number of rotatable bonds is 5. The minimum absolute atomic E-state index is 0.139. The van der Waals surface area contributed by atoms with Gasteiger partial charge in [-0.2, -0.15) is 0 Å². The summed E-state index contributed by atoms with van der Waals surface area (Å²) >= 11 is 1.63. The largest absolute Gasteiger partial charge is 0.394 e. The smallest absolute Gasteiger partial charge is 0.261 e. The second kappa shape index (κ2) is 7.13. The minimum Gasteiger partial charge on any atom is -0.394 e. The zero-order valence-corrected chi connectivity index (χ0v) is 16.6. The van der Waals surface area contributed by atoms with E-state index >= 15 is 0 Å². The normalized spacial score (nSPS) is 15.0. The predicted octanol–water partition coefficient (Wildman–Crippen LogP) is 3.41. The molecule has 0 unspecified atom stereocenters. The van der Waals surface area contributed by atoms with Crippen LogP contribution in [0.1, 0.15) is 36.7 Å². The Morgan fingerprint density at radius 3 is 2.90 bits per heavy atom. The van der Waals surface area contributed by atoms with E-state index in [1.165, 1.54) is 23.7 Å². The number of thiazole rings is 1. The van der Waals surface area contributed by atoms with Crippen molar-refractivity contribution < 1.29 is 5.11 Å². The Balaban J connectivity index is 1.76. The summed E-state index contributed by atoms with van der Waals surface area (Å²) in [5.41, 5.74) is 2.45. The number of fused-ring (bicyclic) bond motifs is 1. The molecule has 5 rings (SSSR count). The first-order valence-corrected chi connectivity index (χ1v) is 10.4. The van der Waals surface area contributed by atoms with Crippen LogP contribution in [0.2, 0.25) is 0 Å². The van der Waals surface area contributed by atoms with Gasteiger partial charge in [0.05, 0.1) is 45.6 Å². The summed E-state index contributed by atoms with van der Waals surface area (Å²) in [4.78, 5) is 32.2. The van der Waals surface area contributed by atoms with E-state index in [4.69, 9.17) is 4.98 Å². The van der Waals surface area contributed by atoms with Gasteiger partial charge >= 0.3 is 0 Å². The molecule has 1 saturated carbocycles. The highest BCUT2D eigenvalue weighted by molar-refractivity contribution is 7.15. The highest BCUT2D eigenvalue weighted by Crippen LogP contribution is 2.43. The number of hydrogen-bond donors (Lipinski definition) is 1. The van der Waals surface area contributed by atoms with E-state index in [0.29, 0.717) is 28.2 Å². The van der Waals surface area contributed by atoms with E-state index < -0.39 is 0 Å². The average molecular weight is 405 g/mol. The molecule has 0 aromatic carbocycles. The molecule has 1 N–H and O–H groups in total. The molecule has 7 nitrogen and oxygen atoms in total. The first-order valence-electron chi connectivity index (χ1n) is 9.55. The van der Waals surface area contributed by atoms with E-state index in [1.54, 1.807) is 36.7 Å².